The Morgan fingerprint density at radius 1 is 0.947 bits per heavy atom. The molecule has 0 N–H and O–H groups in total. The highest BCUT2D eigenvalue weighted by Gasteiger charge is 2.15. The molecule has 19 heavy (non-hydrogen) atoms. The van der Waals surface area contributed by atoms with Crippen LogP contribution < -0.4 is 0 Å². The molecular formula is C13H10Cl2O3S. The summed E-state index contributed by atoms with van der Waals surface area (Å²) in [5, 5.41) is 0.999. The highest BCUT2D eigenvalue weighted by Crippen LogP contribution is 2.18. The smallest absolute Gasteiger partial charge is 0.262 e. The molecule has 0 unspecified atom stereocenters. The molecule has 0 aromatic heterocycles. The Labute approximate surface area is 121 Å². The van der Waals surface area contributed by atoms with Gasteiger partial charge in [-0.15, -0.1) is 0 Å². The lowest BCUT2D eigenvalue weighted by molar-refractivity contribution is 0.308. The van der Waals surface area contributed by atoms with Crippen molar-refractivity contribution in [2.75, 3.05) is 0 Å². The van der Waals surface area contributed by atoms with Crippen LogP contribution in [0.4, 0.5) is 0 Å². The number of hydrogen-bond donors (Lipinski definition) is 0. The Morgan fingerprint density at radius 2 is 1.63 bits per heavy atom. The van der Waals surface area contributed by atoms with Crippen LogP contribution in [0.2, 0.25) is 10.0 Å². The van der Waals surface area contributed by atoms with Gasteiger partial charge in [-0.2, -0.15) is 8.42 Å². The van der Waals surface area contributed by atoms with Crippen LogP contribution in [0.15, 0.2) is 53.4 Å². The van der Waals surface area contributed by atoms with Crippen LogP contribution in [-0.4, -0.2) is 8.42 Å². The van der Waals surface area contributed by atoms with Crippen molar-refractivity contribution in [2.45, 2.75) is 11.5 Å². The second-order valence-corrected chi connectivity index (χ2v) is 6.29. The summed E-state index contributed by atoms with van der Waals surface area (Å²) in [6, 6.07) is 12.6. The molecule has 0 bridgehead atoms. The van der Waals surface area contributed by atoms with Crippen molar-refractivity contribution in [3.8, 4) is 0 Å². The van der Waals surface area contributed by atoms with Gasteiger partial charge in [-0.3, -0.25) is 4.18 Å². The summed E-state index contributed by atoms with van der Waals surface area (Å²) in [6.45, 7) is -0.0640. The van der Waals surface area contributed by atoms with E-state index in [1.54, 1.807) is 24.3 Å². The molecule has 0 heterocycles. The number of hydrogen-bond acceptors (Lipinski definition) is 3. The molecule has 2 rings (SSSR count). The van der Waals surface area contributed by atoms with E-state index in [0.29, 0.717) is 15.6 Å². The van der Waals surface area contributed by atoms with Gasteiger partial charge in [0.1, 0.15) is 0 Å². The molecule has 0 saturated carbocycles. The van der Waals surface area contributed by atoms with Gasteiger partial charge in [0, 0.05) is 10.0 Å². The molecule has 2 aromatic carbocycles. The first-order valence-electron chi connectivity index (χ1n) is 5.37. The van der Waals surface area contributed by atoms with E-state index in [1.807, 2.05) is 0 Å². The Kier molecular flexibility index (Phi) is 4.47. The first kappa shape index (κ1) is 14.3. The minimum absolute atomic E-state index is 0.0640. The van der Waals surface area contributed by atoms with Crippen molar-refractivity contribution < 1.29 is 12.6 Å². The molecule has 6 heteroatoms. The predicted octanol–water partition coefficient (Wildman–Crippen LogP) is 3.90. The predicted molar refractivity (Wildman–Crippen MR) is 74.9 cm³/mol. The molecule has 2 aromatic rings. The van der Waals surface area contributed by atoms with E-state index < -0.39 is 10.1 Å². The fraction of sp³-hybridized carbons (Fsp3) is 0.0769. The van der Waals surface area contributed by atoms with Crippen molar-refractivity contribution in [3.05, 3.63) is 64.1 Å². The zero-order chi connectivity index (χ0) is 13.9. The molecule has 0 aliphatic heterocycles. The van der Waals surface area contributed by atoms with E-state index >= 15 is 0 Å². The van der Waals surface area contributed by atoms with Crippen LogP contribution in [-0.2, 0) is 20.9 Å². The Hall–Kier alpha value is -1.07. The minimum atomic E-state index is -3.79. The topological polar surface area (TPSA) is 43.4 Å². The lowest BCUT2D eigenvalue weighted by Crippen LogP contribution is -2.06. The highest BCUT2D eigenvalue weighted by atomic mass is 35.5. The van der Waals surface area contributed by atoms with Crippen LogP contribution in [0.3, 0.4) is 0 Å². The average molecular weight is 317 g/mol. The third-order valence-electron chi connectivity index (χ3n) is 2.37. The summed E-state index contributed by atoms with van der Waals surface area (Å²) in [7, 11) is -3.79. The number of rotatable bonds is 4. The summed E-state index contributed by atoms with van der Waals surface area (Å²) in [5.74, 6) is 0. The zero-order valence-corrected chi connectivity index (χ0v) is 12.0. The van der Waals surface area contributed by atoms with E-state index in [4.69, 9.17) is 27.4 Å². The molecule has 100 valence electrons. The van der Waals surface area contributed by atoms with Gasteiger partial charge in [-0.05, 0) is 42.0 Å². The summed E-state index contributed by atoms with van der Waals surface area (Å²) in [5.41, 5.74) is 0.685. The molecule has 0 aliphatic carbocycles. The first-order chi connectivity index (χ1) is 8.97. The van der Waals surface area contributed by atoms with E-state index in [2.05, 4.69) is 0 Å². The van der Waals surface area contributed by atoms with Gasteiger partial charge in [-0.25, -0.2) is 0 Å². The molecule has 0 spiro atoms. The molecule has 0 aliphatic rings. The van der Waals surface area contributed by atoms with Gasteiger partial charge in [0.15, 0.2) is 0 Å². The second-order valence-electron chi connectivity index (χ2n) is 3.80. The van der Waals surface area contributed by atoms with Crippen LogP contribution >= 0.6 is 23.2 Å². The van der Waals surface area contributed by atoms with Gasteiger partial charge >= 0.3 is 0 Å². The molecule has 0 fully saturated rings. The van der Waals surface area contributed by atoms with E-state index in [9.17, 15) is 8.42 Å². The lowest BCUT2D eigenvalue weighted by Gasteiger charge is -2.06. The van der Waals surface area contributed by atoms with E-state index in [0.717, 1.165) is 0 Å². The van der Waals surface area contributed by atoms with Gasteiger partial charge in [0.2, 0.25) is 0 Å². The highest BCUT2D eigenvalue weighted by molar-refractivity contribution is 7.86. The molecule has 3 nitrogen and oxygen atoms in total. The van der Waals surface area contributed by atoms with Gasteiger partial charge in [-0.1, -0.05) is 35.3 Å². The van der Waals surface area contributed by atoms with E-state index in [1.165, 1.54) is 24.3 Å². The maximum absolute atomic E-state index is 11.9. The van der Waals surface area contributed by atoms with Crippen LogP contribution in [0.25, 0.3) is 0 Å². The summed E-state index contributed by atoms with van der Waals surface area (Å²) in [4.78, 5) is 0.0685. The molecule has 0 amide bonds. The average Bonchev–Trinajstić information content (AvgIpc) is 2.37. The number of benzene rings is 2. The molecular weight excluding hydrogens is 307 g/mol. The maximum atomic E-state index is 11.9. The lowest BCUT2D eigenvalue weighted by atomic mass is 10.2. The second kappa shape index (κ2) is 5.92. The Bertz CT molecular complexity index is 667. The van der Waals surface area contributed by atoms with Crippen LogP contribution in [0.5, 0.6) is 0 Å². The zero-order valence-electron chi connectivity index (χ0n) is 9.71. The van der Waals surface area contributed by atoms with Crippen molar-refractivity contribution in [3.63, 3.8) is 0 Å². The third kappa shape index (κ3) is 3.94. The van der Waals surface area contributed by atoms with Crippen LogP contribution in [0.1, 0.15) is 5.56 Å². The standard InChI is InChI=1S/C13H10Cl2O3S/c14-11-4-6-13(7-5-11)19(16,17)18-9-10-2-1-3-12(15)8-10/h1-8H,9H2. The monoisotopic (exact) mass is 316 g/mol. The van der Waals surface area contributed by atoms with Crippen molar-refractivity contribution in [1.82, 2.24) is 0 Å². The summed E-state index contributed by atoms with van der Waals surface area (Å²) < 4.78 is 28.8. The fourth-order valence-corrected chi connectivity index (χ4v) is 2.68. The Morgan fingerprint density at radius 3 is 2.26 bits per heavy atom. The molecule has 0 saturated heterocycles. The van der Waals surface area contributed by atoms with Gasteiger partial charge < -0.3 is 0 Å². The molecule has 0 radical (unpaired) electrons. The Balaban J connectivity index is 2.12. The minimum Gasteiger partial charge on any atom is -0.262 e. The molecule has 0 atom stereocenters. The van der Waals surface area contributed by atoms with Crippen molar-refractivity contribution in [1.29, 1.82) is 0 Å². The first-order valence-corrected chi connectivity index (χ1v) is 7.53. The normalized spacial score (nSPS) is 11.5. The van der Waals surface area contributed by atoms with Gasteiger partial charge in [0.25, 0.3) is 10.1 Å². The maximum Gasteiger partial charge on any atom is 0.297 e. The summed E-state index contributed by atoms with van der Waals surface area (Å²) >= 11 is 11.5. The number of halogens is 2. The largest absolute Gasteiger partial charge is 0.297 e. The van der Waals surface area contributed by atoms with E-state index in [-0.39, 0.29) is 11.5 Å². The van der Waals surface area contributed by atoms with Crippen molar-refractivity contribution >= 4 is 33.3 Å². The quantitative estimate of drug-likeness (QED) is 0.803. The SMILES string of the molecule is O=S(=O)(OCc1cccc(Cl)c1)c1ccc(Cl)cc1. The van der Waals surface area contributed by atoms with Gasteiger partial charge in [0.05, 0.1) is 11.5 Å². The summed E-state index contributed by atoms with van der Waals surface area (Å²) in [6.07, 6.45) is 0. The third-order valence-corrected chi connectivity index (χ3v) is 4.14. The van der Waals surface area contributed by atoms with Crippen LogP contribution in [0, 0.1) is 0 Å². The van der Waals surface area contributed by atoms with Crippen molar-refractivity contribution in [2.24, 2.45) is 0 Å². The fourth-order valence-electron chi connectivity index (χ4n) is 1.44.